The van der Waals surface area contributed by atoms with Crippen molar-refractivity contribution in [2.24, 2.45) is 0 Å². The molecule has 0 aliphatic rings. The highest BCUT2D eigenvalue weighted by Gasteiger charge is 2.21. The van der Waals surface area contributed by atoms with Crippen molar-refractivity contribution in [1.29, 1.82) is 0 Å². The van der Waals surface area contributed by atoms with Gasteiger partial charge in [0.05, 0.1) is 6.10 Å². The minimum atomic E-state index is -0.978. The highest BCUT2D eigenvalue weighted by atomic mass is 32.2. The van der Waals surface area contributed by atoms with Gasteiger partial charge in [0.15, 0.2) is 0 Å². The fourth-order valence-electron chi connectivity index (χ4n) is 1.61. The van der Waals surface area contributed by atoms with Gasteiger partial charge in [-0.2, -0.15) is 0 Å². The molecule has 3 atom stereocenters. The number of thioether (sulfide) groups is 1. The van der Waals surface area contributed by atoms with Crippen molar-refractivity contribution in [3.05, 3.63) is 35.9 Å². The van der Waals surface area contributed by atoms with Crippen LogP contribution in [0.5, 0.6) is 0 Å². The van der Waals surface area contributed by atoms with Crippen LogP contribution in [0.25, 0.3) is 0 Å². The number of hydrogen-bond donors (Lipinski definition) is 1. The first kappa shape index (κ1) is 13.7. The van der Waals surface area contributed by atoms with E-state index in [0.29, 0.717) is 6.42 Å². The van der Waals surface area contributed by atoms with Crippen molar-refractivity contribution in [3.8, 4) is 0 Å². The SMILES string of the molecule is CSC(C(O)CCc1ccccc1)S(C)=O. The first-order valence-electron chi connectivity index (χ1n) is 5.22. The standard InChI is InChI=1S/C12H18O2S2/c1-15-12(16(2)14)11(13)9-8-10-6-4-3-5-7-10/h3-7,11-13H,8-9H2,1-2H3. The van der Waals surface area contributed by atoms with Crippen LogP contribution in [0.2, 0.25) is 0 Å². The maximum absolute atomic E-state index is 11.4. The second-order valence-corrected chi connectivity index (χ2v) is 6.48. The molecule has 0 saturated heterocycles. The normalized spacial score (nSPS) is 16.7. The Labute approximate surface area is 104 Å². The minimum Gasteiger partial charge on any atom is -0.391 e. The fraction of sp³-hybridized carbons (Fsp3) is 0.500. The van der Waals surface area contributed by atoms with Crippen molar-refractivity contribution in [3.63, 3.8) is 0 Å². The lowest BCUT2D eigenvalue weighted by Crippen LogP contribution is -2.27. The average molecular weight is 258 g/mol. The van der Waals surface area contributed by atoms with E-state index < -0.39 is 16.9 Å². The molecule has 1 N–H and O–H groups in total. The van der Waals surface area contributed by atoms with Gasteiger partial charge < -0.3 is 5.11 Å². The molecule has 1 aromatic rings. The van der Waals surface area contributed by atoms with Crippen LogP contribution >= 0.6 is 11.8 Å². The molecule has 16 heavy (non-hydrogen) atoms. The van der Waals surface area contributed by atoms with Gasteiger partial charge in [-0.05, 0) is 24.7 Å². The molecule has 0 heterocycles. The van der Waals surface area contributed by atoms with E-state index in [9.17, 15) is 9.32 Å². The number of rotatable bonds is 6. The summed E-state index contributed by atoms with van der Waals surface area (Å²) in [5.41, 5.74) is 1.21. The zero-order valence-corrected chi connectivity index (χ0v) is 11.3. The smallest absolute Gasteiger partial charge is 0.105 e. The molecule has 1 rings (SSSR count). The Morgan fingerprint density at radius 3 is 2.50 bits per heavy atom. The van der Waals surface area contributed by atoms with Crippen molar-refractivity contribution in [2.75, 3.05) is 12.5 Å². The van der Waals surface area contributed by atoms with E-state index in [1.807, 2.05) is 36.6 Å². The maximum atomic E-state index is 11.4. The Morgan fingerprint density at radius 2 is 2.00 bits per heavy atom. The lowest BCUT2D eigenvalue weighted by Gasteiger charge is -2.18. The summed E-state index contributed by atoms with van der Waals surface area (Å²) in [6.45, 7) is 0. The number of benzene rings is 1. The molecule has 90 valence electrons. The summed E-state index contributed by atoms with van der Waals surface area (Å²) >= 11 is 1.47. The molecule has 0 radical (unpaired) electrons. The van der Waals surface area contributed by atoms with Gasteiger partial charge in [-0.25, -0.2) is 0 Å². The number of aryl methyl sites for hydroxylation is 1. The molecule has 0 aliphatic carbocycles. The quantitative estimate of drug-likeness (QED) is 0.848. The van der Waals surface area contributed by atoms with E-state index in [0.717, 1.165) is 6.42 Å². The molecular formula is C12H18O2S2. The average Bonchev–Trinajstić information content (AvgIpc) is 2.28. The van der Waals surface area contributed by atoms with E-state index in [2.05, 4.69) is 0 Å². The molecule has 1 aromatic carbocycles. The topological polar surface area (TPSA) is 37.3 Å². The van der Waals surface area contributed by atoms with Crippen LogP contribution in [0.15, 0.2) is 30.3 Å². The first-order chi connectivity index (χ1) is 7.65. The Balaban J connectivity index is 2.46. The number of aliphatic hydroxyl groups is 1. The van der Waals surface area contributed by atoms with Gasteiger partial charge in [-0.3, -0.25) is 4.21 Å². The van der Waals surface area contributed by atoms with Crippen molar-refractivity contribution < 1.29 is 9.32 Å². The molecule has 4 heteroatoms. The molecule has 0 aliphatic heterocycles. The molecule has 0 bridgehead atoms. The highest BCUT2D eigenvalue weighted by Crippen LogP contribution is 2.18. The van der Waals surface area contributed by atoms with Crippen LogP contribution in [0.4, 0.5) is 0 Å². The summed E-state index contributed by atoms with van der Waals surface area (Å²) < 4.78 is 11.2. The van der Waals surface area contributed by atoms with Crippen molar-refractivity contribution in [2.45, 2.75) is 23.5 Å². The molecule has 3 unspecified atom stereocenters. The molecule has 2 nitrogen and oxygen atoms in total. The van der Waals surface area contributed by atoms with Gasteiger partial charge >= 0.3 is 0 Å². The van der Waals surface area contributed by atoms with Gasteiger partial charge in [0.25, 0.3) is 0 Å². The van der Waals surface area contributed by atoms with E-state index in [1.165, 1.54) is 17.3 Å². The van der Waals surface area contributed by atoms with E-state index >= 15 is 0 Å². The Bertz CT molecular complexity index is 327. The Morgan fingerprint density at radius 1 is 1.38 bits per heavy atom. The van der Waals surface area contributed by atoms with Gasteiger partial charge in [0.1, 0.15) is 4.58 Å². The van der Waals surface area contributed by atoms with Crippen LogP contribution in [0.3, 0.4) is 0 Å². The van der Waals surface area contributed by atoms with Crippen molar-refractivity contribution >= 4 is 22.6 Å². The van der Waals surface area contributed by atoms with Gasteiger partial charge in [0, 0.05) is 17.1 Å². The lowest BCUT2D eigenvalue weighted by molar-refractivity contribution is 0.181. The van der Waals surface area contributed by atoms with E-state index in [4.69, 9.17) is 0 Å². The zero-order chi connectivity index (χ0) is 12.0. The van der Waals surface area contributed by atoms with Gasteiger partial charge in [0.2, 0.25) is 0 Å². The summed E-state index contributed by atoms with van der Waals surface area (Å²) in [4.78, 5) is 0. The Hall–Kier alpha value is -0.320. The molecule has 0 saturated carbocycles. The summed E-state index contributed by atoms with van der Waals surface area (Å²) in [5, 5.41) is 9.93. The van der Waals surface area contributed by atoms with Gasteiger partial charge in [-0.1, -0.05) is 30.3 Å². The predicted octanol–water partition coefficient (Wildman–Crippen LogP) is 2.05. The summed E-state index contributed by atoms with van der Waals surface area (Å²) in [6, 6.07) is 10.1. The van der Waals surface area contributed by atoms with Gasteiger partial charge in [-0.15, -0.1) is 11.8 Å². The molecule has 0 amide bonds. The summed E-state index contributed by atoms with van der Waals surface area (Å²) in [7, 11) is -0.978. The third-order valence-electron chi connectivity index (χ3n) is 2.45. The molecule has 0 spiro atoms. The summed E-state index contributed by atoms with van der Waals surface area (Å²) in [5.74, 6) is 0. The fourth-order valence-corrected chi connectivity index (χ4v) is 3.72. The van der Waals surface area contributed by atoms with Crippen LogP contribution in [0.1, 0.15) is 12.0 Å². The second kappa shape index (κ2) is 7.09. The largest absolute Gasteiger partial charge is 0.391 e. The molecular weight excluding hydrogens is 240 g/mol. The number of aliphatic hydroxyl groups excluding tert-OH is 1. The van der Waals surface area contributed by atoms with Crippen LogP contribution in [-0.4, -0.2) is 32.5 Å². The third kappa shape index (κ3) is 4.28. The lowest BCUT2D eigenvalue weighted by atomic mass is 10.1. The monoisotopic (exact) mass is 258 g/mol. The molecule has 0 fully saturated rings. The minimum absolute atomic E-state index is 0.177. The Kier molecular flexibility index (Phi) is 6.09. The highest BCUT2D eigenvalue weighted by molar-refractivity contribution is 8.10. The molecule has 0 aromatic heterocycles. The van der Waals surface area contributed by atoms with Crippen LogP contribution in [0, 0.1) is 0 Å². The third-order valence-corrected chi connectivity index (χ3v) is 5.58. The zero-order valence-electron chi connectivity index (χ0n) is 9.63. The van der Waals surface area contributed by atoms with E-state index in [-0.39, 0.29) is 4.58 Å². The maximum Gasteiger partial charge on any atom is 0.105 e. The van der Waals surface area contributed by atoms with Crippen LogP contribution < -0.4 is 0 Å². The first-order valence-corrected chi connectivity index (χ1v) is 8.13. The second-order valence-electron chi connectivity index (χ2n) is 3.69. The predicted molar refractivity (Wildman–Crippen MR) is 72.1 cm³/mol. The van der Waals surface area contributed by atoms with Crippen molar-refractivity contribution in [1.82, 2.24) is 0 Å². The van der Waals surface area contributed by atoms with Crippen LogP contribution in [-0.2, 0) is 17.2 Å². The number of hydrogen-bond acceptors (Lipinski definition) is 3. The summed E-state index contributed by atoms with van der Waals surface area (Å²) in [6.07, 6.45) is 4.52. The van der Waals surface area contributed by atoms with E-state index in [1.54, 1.807) is 6.26 Å².